The number of thiophene rings is 1. The Labute approximate surface area is 168 Å². The van der Waals surface area contributed by atoms with Crippen molar-refractivity contribution < 1.29 is 14.3 Å². The number of hydrogen-bond donors (Lipinski definition) is 2. The summed E-state index contributed by atoms with van der Waals surface area (Å²) >= 11 is 1.45. The predicted molar refractivity (Wildman–Crippen MR) is 111 cm³/mol. The van der Waals surface area contributed by atoms with E-state index in [0.29, 0.717) is 23.7 Å². The van der Waals surface area contributed by atoms with E-state index in [1.807, 2.05) is 19.1 Å². The molecule has 0 saturated heterocycles. The zero-order chi connectivity index (χ0) is 20.1. The molecular formula is C20H24N4O3S. The maximum Gasteiger partial charge on any atom is 0.409 e. The second-order valence-electron chi connectivity index (χ2n) is 6.62. The van der Waals surface area contributed by atoms with Gasteiger partial charge in [-0.3, -0.25) is 9.78 Å². The smallest absolute Gasteiger partial charge is 0.409 e. The molecule has 3 N–H and O–H groups in total. The van der Waals surface area contributed by atoms with Gasteiger partial charge in [0.2, 0.25) is 5.91 Å². The highest BCUT2D eigenvalue weighted by atomic mass is 32.1. The average Bonchev–Trinajstić information content (AvgIpc) is 3.01. The van der Waals surface area contributed by atoms with Gasteiger partial charge in [0.15, 0.2) is 0 Å². The number of amides is 2. The molecule has 8 heteroatoms. The van der Waals surface area contributed by atoms with Crippen LogP contribution >= 0.6 is 11.3 Å². The quantitative estimate of drug-likeness (QED) is 0.751. The summed E-state index contributed by atoms with van der Waals surface area (Å²) in [5, 5.41) is 3.49. The molecule has 1 aliphatic carbocycles. The van der Waals surface area contributed by atoms with Crippen LogP contribution in [0, 0.1) is 0 Å². The molecule has 0 aromatic carbocycles. The number of nitrogen functional groups attached to an aromatic ring is 1. The number of carbonyl (C=O) groups is 2. The van der Waals surface area contributed by atoms with Gasteiger partial charge >= 0.3 is 6.09 Å². The molecule has 3 rings (SSSR count). The Balaban J connectivity index is 1.64. The van der Waals surface area contributed by atoms with Gasteiger partial charge in [-0.2, -0.15) is 0 Å². The standard InChI is InChI=1S/C20H24N4O3S/c1-3-24(2)20(26)27-14-7-8-15-16(11-14)28-19(18(15)21)23-17(25)9-6-13-5-4-10-22-12-13/h4-6,9-10,12,14H,3,7-8,11,21H2,1-2H3,(H,23,25)/b9-6+. The Hall–Kier alpha value is -2.87. The predicted octanol–water partition coefficient (Wildman–Crippen LogP) is 3.32. The number of pyridine rings is 1. The van der Waals surface area contributed by atoms with E-state index >= 15 is 0 Å². The molecule has 0 radical (unpaired) electrons. The SMILES string of the molecule is CCN(C)C(=O)OC1CCc2c(sc(NC(=O)/C=C/c3cccnc3)c2N)C1. The van der Waals surface area contributed by atoms with Gasteiger partial charge in [-0.05, 0) is 43.0 Å². The van der Waals surface area contributed by atoms with E-state index in [2.05, 4.69) is 10.3 Å². The molecule has 0 spiro atoms. The lowest BCUT2D eigenvalue weighted by molar-refractivity contribution is -0.111. The van der Waals surface area contributed by atoms with Crippen molar-refractivity contribution in [2.45, 2.75) is 32.3 Å². The van der Waals surface area contributed by atoms with E-state index in [4.69, 9.17) is 10.5 Å². The molecule has 7 nitrogen and oxygen atoms in total. The van der Waals surface area contributed by atoms with Crippen LogP contribution in [0.25, 0.3) is 6.08 Å². The number of aromatic nitrogens is 1. The van der Waals surface area contributed by atoms with Crippen LogP contribution in [0.3, 0.4) is 0 Å². The number of ether oxygens (including phenoxy) is 1. The van der Waals surface area contributed by atoms with E-state index < -0.39 is 0 Å². The Morgan fingerprint density at radius 1 is 1.50 bits per heavy atom. The van der Waals surface area contributed by atoms with E-state index in [-0.39, 0.29) is 18.1 Å². The van der Waals surface area contributed by atoms with E-state index in [1.54, 1.807) is 30.4 Å². The van der Waals surface area contributed by atoms with Crippen LogP contribution in [0.1, 0.15) is 29.3 Å². The van der Waals surface area contributed by atoms with Crippen molar-refractivity contribution in [3.63, 3.8) is 0 Å². The number of rotatable bonds is 5. The Morgan fingerprint density at radius 2 is 2.32 bits per heavy atom. The van der Waals surface area contributed by atoms with Crippen LogP contribution in [-0.4, -0.2) is 41.6 Å². The molecule has 148 valence electrons. The van der Waals surface area contributed by atoms with Crippen molar-refractivity contribution in [2.75, 3.05) is 24.6 Å². The summed E-state index contributed by atoms with van der Waals surface area (Å²) in [6, 6.07) is 3.68. The van der Waals surface area contributed by atoms with Gasteiger partial charge in [-0.25, -0.2) is 4.79 Å². The van der Waals surface area contributed by atoms with Gasteiger partial charge in [-0.1, -0.05) is 6.07 Å². The second-order valence-corrected chi connectivity index (χ2v) is 7.72. The van der Waals surface area contributed by atoms with Crippen LogP contribution < -0.4 is 11.1 Å². The molecule has 1 aliphatic rings. The fraction of sp³-hybridized carbons (Fsp3) is 0.350. The Kier molecular flexibility index (Phi) is 6.30. The molecule has 0 saturated carbocycles. The largest absolute Gasteiger partial charge is 0.446 e. The van der Waals surface area contributed by atoms with Crippen molar-refractivity contribution in [2.24, 2.45) is 0 Å². The number of nitrogens with two attached hydrogens (primary N) is 1. The molecule has 0 fully saturated rings. The van der Waals surface area contributed by atoms with Crippen molar-refractivity contribution >= 4 is 40.1 Å². The summed E-state index contributed by atoms with van der Waals surface area (Å²) in [6.45, 7) is 2.50. The van der Waals surface area contributed by atoms with Gasteiger partial charge in [-0.15, -0.1) is 11.3 Å². The fourth-order valence-corrected chi connectivity index (χ4v) is 4.17. The third kappa shape index (κ3) is 4.69. The highest BCUT2D eigenvalue weighted by Crippen LogP contribution is 2.40. The number of hydrogen-bond acceptors (Lipinski definition) is 6. The van der Waals surface area contributed by atoms with Crippen LogP contribution in [0.4, 0.5) is 15.5 Å². The first-order chi connectivity index (χ1) is 13.5. The summed E-state index contributed by atoms with van der Waals surface area (Å²) < 4.78 is 5.57. The monoisotopic (exact) mass is 400 g/mol. The topological polar surface area (TPSA) is 97.5 Å². The highest BCUT2D eigenvalue weighted by Gasteiger charge is 2.27. The number of carbonyl (C=O) groups excluding carboxylic acids is 2. The second kappa shape index (κ2) is 8.88. The van der Waals surface area contributed by atoms with Crippen molar-refractivity contribution in [1.82, 2.24) is 9.88 Å². The molecule has 1 atom stereocenters. The minimum absolute atomic E-state index is 0.166. The molecule has 2 heterocycles. The Bertz CT molecular complexity index is 879. The first-order valence-electron chi connectivity index (χ1n) is 9.18. The number of nitrogens with zero attached hydrogens (tertiary/aromatic N) is 2. The lowest BCUT2D eigenvalue weighted by Gasteiger charge is -2.25. The number of anilines is 2. The van der Waals surface area contributed by atoms with E-state index in [0.717, 1.165) is 28.8 Å². The minimum Gasteiger partial charge on any atom is -0.446 e. The fourth-order valence-electron chi connectivity index (χ4n) is 2.94. The summed E-state index contributed by atoms with van der Waals surface area (Å²) in [7, 11) is 1.71. The van der Waals surface area contributed by atoms with E-state index in [1.165, 1.54) is 17.4 Å². The summed E-state index contributed by atoms with van der Waals surface area (Å²) in [6.07, 6.45) is 8.12. The third-order valence-corrected chi connectivity index (χ3v) is 5.85. The van der Waals surface area contributed by atoms with Crippen LogP contribution in [0.2, 0.25) is 0 Å². The lowest BCUT2D eigenvalue weighted by atomic mass is 9.95. The zero-order valence-corrected chi connectivity index (χ0v) is 16.8. The maximum absolute atomic E-state index is 12.2. The summed E-state index contributed by atoms with van der Waals surface area (Å²) in [4.78, 5) is 30.8. The first-order valence-corrected chi connectivity index (χ1v) is 10.0. The van der Waals surface area contributed by atoms with E-state index in [9.17, 15) is 9.59 Å². The van der Waals surface area contributed by atoms with Gasteiger partial charge in [0.1, 0.15) is 11.1 Å². The normalized spacial score (nSPS) is 15.9. The molecule has 2 aromatic rings. The summed E-state index contributed by atoms with van der Waals surface area (Å²) in [5.74, 6) is -0.248. The molecule has 0 bridgehead atoms. The zero-order valence-electron chi connectivity index (χ0n) is 16.0. The van der Waals surface area contributed by atoms with Crippen molar-refractivity contribution in [1.29, 1.82) is 0 Å². The van der Waals surface area contributed by atoms with Crippen molar-refractivity contribution in [3.8, 4) is 0 Å². The van der Waals surface area contributed by atoms with Gasteiger partial charge in [0.05, 0.1) is 5.69 Å². The summed E-state index contributed by atoms with van der Waals surface area (Å²) in [5.41, 5.74) is 8.75. The van der Waals surface area contributed by atoms with Gasteiger partial charge in [0.25, 0.3) is 0 Å². The lowest BCUT2D eigenvalue weighted by Crippen LogP contribution is -2.33. The molecular weight excluding hydrogens is 376 g/mol. The highest BCUT2D eigenvalue weighted by molar-refractivity contribution is 7.17. The molecule has 28 heavy (non-hydrogen) atoms. The number of nitrogens with one attached hydrogen (secondary N) is 1. The van der Waals surface area contributed by atoms with Gasteiger partial charge < -0.3 is 20.7 Å². The van der Waals surface area contributed by atoms with Crippen LogP contribution in [0.15, 0.2) is 30.6 Å². The minimum atomic E-state index is -0.311. The number of fused-ring (bicyclic) bond motifs is 1. The van der Waals surface area contributed by atoms with Crippen molar-refractivity contribution in [3.05, 3.63) is 46.6 Å². The average molecular weight is 401 g/mol. The van der Waals surface area contributed by atoms with Gasteiger partial charge in [0, 0.05) is 43.4 Å². The molecule has 1 unspecified atom stereocenters. The molecule has 2 aromatic heterocycles. The Morgan fingerprint density at radius 3 is 3.04 bits per heavy atom. The maximum atomic E-state index is 12.2. The van der Waals surface area contributed by atoms with Crippen LogP contribution in [0.5, 0.6) is 0 Å². The molecule has 2 amide bonds. The van der Waals surface area contributed by atoms with Crippen LogP contribution in [-0.2, 0) is 22.4 Å². The first kappa shape index (κ1) is 19.9. The molecule has 0 aliphatic heterocycles. The third-order valence-electron chi connectivity index (χ3n) is 4.66.